The molecule has 0 aliphatic heterocycles. The van der Waals surface area contributed by atoms with Gasteiger partial charge in [-0.25, -0.2) is 0 Å². The summed E-state index contributed by atoms with van der Waals surface area (Å²) in [5, 5.41) is 8.99. The van der Waals surface area contributed by atoms with Crippen LogP contribution in [0.15, 0.2) is 24.3 Å². The predicted molar refractivity (Wildman–Crippen MR) is 75.3 cm³/mol. The maximum absolute atomic E-state index is 12.8. The average molecular weight is 303 g/mol. The fraction of sp³-hybridized carbons (Fsp3) is 0.533. The molecule has 1 aromatic carbocycles. The van der Waals surface area contributed by atoms with Crippen molar-refractivity contribution in [1.29, 1.82) is 0 Å². The molecule has 118 valence electrons. The lowest BCUT2D eigenvalue weighted by atomic mass is 10.1. The Morgan fingerprint density at radius 3 is 2.33 bits per heavy atom. The van der Waals surface area contributed by atoms with Crippen LogP contribution in [-0.4, -0.2) is 24.2 Å². The number of hydrogen-bond acceptors (Lipinski definition) is 2. The molecule has 1 aromatic rings. The second kappa shape index (κ2) is 6.83. The Kier molecular flexibility index (Phi) is 5.63. The topological polar surface area (TPSA) is 40.5 Å². The van der Waals surface area contributed by atoms with Crippen LogP contribution in [0.25, 0.3) is 0 Å². The third-order valence-corrected chi connectivity index (χ3v) is 3.04. The third kappa shape index (κ3) is 5.28. The summed E-state index contributed by atoms with van der Waals surface area (Å²) in [6, 6.07) is 5.00. The summed E-state index contributed by atoms with van der Waals surface area (Å²) < 4.78 is 38.3. The fourth-order valence-electron chi connectivity index (χ4n) is 2.01. The van der Waals surface area contributed by atoms with Crippen LogP contribution in [-0.2, 0) is 11.0 Å². The van der Waals surface area contributed by atoms with Gasteiger partial charge in [0.25, 0.3) is 0 Å². The number of alkyl halides is 3. The SMILES string of the molecule is CC(C)CN(CC(C)C(=O)O)c1cccc(C(F)(F)F)c1. The first kappa shape index (κ1) is 17.3. The first-order valence-electron chi connectivity index (χ1n) is 6.76. The van der Waals surface area contributed by atoms with E-state index in [9.17, 15) is 18.0 Å². The largest absolute Gasteiger partial charge is 0.481 e. The van der Waals surface area contributed by atoms with E-state index < -0.39 is 23.6 Å². The van der Waals surface area contributed by atoms with Gasteiger partial charge < -0.3 is 10.0 Å². The first-order chi connectivity index (χ1) is 9.61. The van der Waals surface area contributed by atoms with Crippen molar-refractivity contribution in [2.75, 3.05) is 18.0 Å². The molecule has 6 heteroatoms. The number of carboxylic acids is 1. The molecule has 0 amide bonds. The molecular formula is C15H20F3NO2. The Bertz CT molecular complexity index is 486. The molecule has 0 heterocycles. The third-order valence-electron chi connectivity index (χ3n) is 3.04. The number of rotatable bonds is 6. The van der Waals surface area contributed by atoms with Gasteiger partial charge in [-0.05, 0) is 24.1 Å². The summed E-state index contributed by atoms with van der Waals surface area (Å²) >= 11 is 0. The van der Waals surface area contributed by atoms with Gasteiger partial charge in [-0.1, -0.05) is 26.8 Å². The van der Waals surface area contributed by atoms with Gasteiger partial charge in [-0.15, -0.1) is 0 Å². The van der Waals surface area contributed by atoms with Crippen molar-refractivity contribution >= 4 is 11.7 Å². The molecule has 0 aromatic heterocycles. The van der Waals surface area contributed by atoms with Crippen LogP contribution < -0.4 is 4.90 Å². The molecule has 0 aliphatic rings. The van der Waals surface area contributed by atoms with Gasteiger partial charge in [0.2, 0.25) is 0 Å². The molecule has 0 saturated carbocycles. The van der Waals surface area contributed by atoms with E-state index in [2.05, 4.69) is 0 Å². The number of hydrogen-bond donors (Lipinski definition) is 1. The van der Waals surface area contributed by atoms with Crippen molar-refractivity contribution in [3.63, 3.8) is 0 Å². The maximum atomic E-state index is 12.8. The van der Waals surface area contributed by atoms with E-state index in [4.69, 9.17) is 5.11 Å². The van der Waals surface area contributed by atoms with Crippen molar-refractivity contribution < 1.29 is 23.1 Å². The van der Waals surface area contributed by atoms with Gasteiger partial charge in [0.05, 0.1) is 11.5 Å². The van der Waals surface area contributed by atoms with Crippen molar-refractivity contribution in [3.05, 3.63) is 29.8 Å². The molecule has 0 bridgehead atoms. The Balaban J connectivity index is 3.05. The summed E-state index contributed by atoms with van der Waals surface area (Å²) in [5.74, 6) is -1.41. The number of nitrogens with zero attached hydrogens (tertiary/aromatic N) is 1. The number of carboxylic acid groups (broad SMARTS) is 1. The fourth-order valence-corrected chi connectivity index (χ4v) is 2.01. The summed E-state index contributed by atoms with van der Waals surface area (Å²) in [4.78, 5) is 12.7. The number of carbonyl (C=O) groups is 1. The van der Waals surface area contributed by atoms with Crippen LogP contribution in [0.2, 0.25) is 0 Å². The van der Waals surface area contributed by atoms with E-state index in [1.807, 2.05) is 13.8 Å². The van der Waals surface area contributed by atoms with Crippen LogP contribution in [0.5, 0.6) is 0 Å². The summed E-state index contributed by atoms with van der Waals surface area (Å²) in [5.41, 5.74) is -0.330. The zero-order chi connectivity index (χ0) is 16.2. The minimum Gasteiger partial charge on any atom is -0.481 e. The van der Waals surface area contributed by atoms with Gasteiger partial charge in [0.1, 0.15) is 0 Å². The highest BCUT2D eigenvalue weighted by Crippen LogP contribution is 2.32. The van der Waals surface area contributed by atoms with Crippen LogP contribution in [0.4, 0.5) is 18.9 Å². The van der Waals surface area contributed by atoms with E-state index in [-0.39, 0.29) is 12.5 Å². The van der Waals surface area contributed by atoms with Crippen LogP contribution in [0, 0.1) is 11.8 Å². The molecule has 0 radical (unpaired) electrons. The molecular weight excluding hydrogens is 283 g/mol. The van der Waals surface area contributed by atoms with Crippen molar-refractivity contribution in [3.8, 4) is 0 Å². The Morgan fingerprint density at radius 1 is 1.24 bits per heavy atom. The number of anilines is 1. The van der Waals surface area contributed by atoms with Gasteiger partial charge >= 0.3 is 12.1 Å². The molecule has 1 N–H and O–H groups in total. The number of halogens is 3. The molecule has 1 rings (SSSR count). The van der Waals surface area contributed by atoms with Crippen molar-refractivity contribution in [2.45, 2.75) is 26.9 Å². The van der Waals surface area contributed by atoms with Crippen molar-refractivity contribution in [2.24, 2.45) is 11.8 Å². The Labute approximate surface area is 122 Å². The van der Waals surface area contributed by atoms with E-state index in [0.29, 0.717) is 12.2 Å². The van der Waals surface area contributed by atoms with Gasteiger partial charge in [-0.3, -0.25) is 4.79 Å². The van der Waals surface area contributed by atoms with E-state index in [1.54, 1.807) is 17.9 Å². The van der Waals surface area contributed by atoms with Gasteiger partial charge in [0, 0.05) is 18.8 Å². The zero-order valence-electron chi connectivity index (χ0n) is 12.3. The molecule has 1 atom stereocenters. The summed E-state index contributed by atoms with van der Waals surface area (Å²) in [7, 11) is 0. The van der Waals surface area contributed by atoms with Crippen LogP contribution in [0.3, 0.4) is 0 Å². The van der Waals surface area contributed by atoms with E-state index in [0.717, 1.165) is 12.1 Å². The van der Waals surface area contributed by atoms with Gasteiger partial charge in [0.15, 0.2) is 0 Å². The predicted octanol–water partition coefficient (Wildman–Crippen LogP) is 3.89. The normalized spacial score (nSPS) is 13.3. The molecule has 0 spiro atoms. The lowest BCUT2D eigenvalue weighted by Crippen LogP contribution is -2.34. The van der Waals surface area contributed by atoms with Gasteiger partial charge in [-0.2, -0.15) is 13.2 Å². The maximum Gasteiger partial charge on any atom is 0.416 e. The lowest BCUT2D eigenvalue weighted by molar-refractivity contribution is -0.141. The van der Waals surface area contributed by atoms with Crippen LogP contribution >= 0.6 is 0 Å². The minimum absolute atomic E-state index is 0.175. The second-order valence-electron chi connectivity index (χ2n) is 5.59. The Hall–Kier alpha value is -1.72. The molecule has 1 unspecified atom stereocenters. The minimum atomic E-state index is -4.40. The molecule has 21 heavy (non-hydrogen) atoms. The molecule has 0 saturated heterocycles. The highest BCUT2D eigenvalue weighted by atomic mass is 19.4. The van der Waals surface area contributed by atoms with E-state index >= 15 is 0 Å². The number of benzene rings is 1. The lowest BCUT2D eigenvalue weighted by Gasteiger charge is -2.29. The van der Waals surface area contributed by atoms with Crippen molar-refractivity contribution in [1.82, 2.24) is 0 Å². The average Bonchev–Trinajstić information content (AvgIpc) is 2.36. The van der Waals surface area contributed by atoms with E-state index in [1.165, 1.54) is 6.07 Å². The van der Waals surface area contributed by atoms with Crippen LogP contribution in [0.1, 0.15) is 26.3 Å². The first-order valence-corrected chi connectivity index (χ1v) is 6.76. The summed E-state index contributed by atoms with van der Waals surface area (Å²) in [6.07, 6.45) is -4.40. The molecule has 0 fully saturated rings. The molecule has 3 nitrogen and oxygen atoms in total. The zero-order valence-corrected chi connectivity index (χ0v) is 12.3. The highest BCUT2D eigenvalue weighted by Gasteiger charge is 2.31. The second-order valence-corrected chi connectivity index (χ2v) is 5.59. The summed E-state index contributed by atoms with van der Waals surface area (Å²) in [6.45, 7) is 6.09. The molecule has 0 aliphatic carbocycles. The standard InChI is InChI=1S/C15H20F3NO2/c1-10(2)8-19(9-11(3)14(20)21)13-6-4-5-12(7-13)15(16,17)18/h4-7,10-11H,8-9H2,1-3H3,(H,20,21). The quantitative estimate of drug-likeness (QED) is 0.866. The monoisotopic (exact) mass is 303 g/mol. The highest BCUT2D eigenvalue weighted by molar-refractivity contribution is 5.70. The Morgan fingerprint density at radius 2 is 1.86 bits per heavy atom. The number of aliphatic carboxylic acids is 1. The smallest absolute Gasteiger partial charge is 0.416 e.